The van der Waals surface area contributed by atoms with Gasteiger partial charge in [-0.3, -0.25) is 14.5 Å². The average Bonchev–Trinajstić information content (AvgIpc) is 3.36. The minimum Gasteiger partial charge on any atom is -0.507 e. The molecule has 10 heteroatoms. The van der Waals surface area contributed by atoms with E-state index in [1.54, 1.807) is 44.2 Å². The van der Waals surface area contributed by atoms with Crippen LogP contribution >= 0.6 is 11.3 Å². The first-order valence-corrected chi connectivity index (χ1v) is 11.5. The fourth-order valence-corrected chi connectivity index (χ4v) is 4.82. The van der Waals surface area contributed by atoms with Crippen LogP contribution in [-0.2, 0) is 14.3 Å². The maximum Gasteiger partial charge on any atom is 0.350 e. The Morgan fingerprint density at radius 2 is 1.89 bits per heavy atom. The van der Waals surface area contributed by atoms with Gasteiger partial charge in [0.05, 0.1) is 31.0 Å². The minimum absolute atomic E-state index is 0.0943. The number of esters is 1. The molecule has 2 aromatic carbocycles. The van der Waals surface area contributed by atoms with Gasteiger partial charge in [0.15, 0.2) is 16.6 Å². The molecule has 35 heavy (non-hydrogen) atoms. The number of amides is 1. The molecule has 0 spiro atoms. The Morgan fingerprint density at radius 1 is 1.17 bits per heavy atom. The van der Waals surface area contributed by atoms with Crippen LogP contribution in [0.5, 0.6) is 11.5 Å². The minimum atomic E-state index is -1.09. The molecule has 1 saturated heterocycles. The molecule has 0 unspecified atom stereocenters. The van der Waals surface area contributed by atoms with Crippen LogP contribution < -0.4 is 9.64 Å². The van der Waals surface area contributed by atoms with E-state index < -0.39 is 23.7 Å². The standard InChI is InChI=1S/C25H22N2O7S/c1-4-34-24(32)22-13(2)26-25(35-22)27-19(15-10-11-16(28)17(12-15)33-3)18(21(30)23(27)31)20(29)14-8-6-5-7-9-14/h5-12,19,28-29H,4H2,1-3H3/t19-/m0/s1. The summed E-state index contributed by atoms with van der Waals surface area (Å²) in [5, 5.41) is 21.3. The fourth-order valence-electron chi connectivity index (χ4n) is 3.83. The van der Waals surface area contributed by atoms with Crippen molar-refractivity contribution in [3.8, 4) is 11.5 Å². The molecular formula is C25H22N2O7S. The van der Waals surface area contributed by atoms with Crippen LogP contribution in [-0.4, -0.2) is 46.6 Å². The van der Waals surface area contributed by atoms with Gasteiger partial charge >= 0.3 is 11.9 Å². The Bertz CT molecular complexity index is 1350. The highest BCUT2D eigenvalue weighted by molar-refractivity contribution is 7.17. The molecule has 180 valence electrons. The third kappa shape index (κ3) is 4.24. The number of Topliss-reactive ketones (excluding diaryl/α,β-unsaturated/α-hetero) is 1. The molecule has 0 saturated carbocycles. The number of phenolic OH excluding ortho intramolecular Hbond substituents is 1. The zero-order valence-corrected chi connectivity index (χ0v) is 20.0. The molecule has 3 aromatic rings. The highest BCUT2D eigenvalue weighted by Gasteiger charge is 2.48. The van der Waals surface area contributed by atoms with Crippen molar-refractivity contribution in [3.63, 3.8) is 0 Å². The van der Waals surface area contributed by atoms with Gasteiger partial charge < -0.3 is 19.7 Å². The zero-order valence-electron chi connectivity index (χ0n) is 19.1. The van der Waals surface area contributed by atoms with E-state index >= 15 is 0 Å². The summed E-state index contributed by atoms with van der Waals surface area (Å²) in [6, 6.07) is 11.6. The smallest absolute Gasteiger partial charge is 0.350 e. The van der Waals surface area contributed by atoms with Gasteiger partial charge in [0.2, 0.25) is 0 Å². The molecule has 0 bridgehead atoms. The van der Waals surface area contributed by atoms with E-state index in [0.29, 0.717) is 16.8 Å². The molecule has 1 atom stereocenters. The van der Waals surface area contributed by atoms with Crippen LogP contribution in [0.4, 0.5) is 5.13 Å². The molecule has 2 heterocycles. The number of methoxy groups -OCH3 is 1. The van der Waals surface area contributed by atoms with Crippen LogP contribution in [0.25, 0.3) is 5.76 Å². The SMILES string of the molecule is CCOC(=O)c1sc(N2C(=O)C(=O)C(=C(O)c3ccccc3)[C@@H]2c2ccc(O)c(OC)c2)nc1C. The molecule has 0 radical (unpaired) electrons. The number of hydrogen-bond acceptors (Lipinski definition) is 9. The summed E-state index contributed by atoms with van der Waals surface area (Å²) in [4.78, 5) is 44.6. The topological polar surface area (TPSA) is 126 Å². The molecule has 2 N–H and O–H groups in total. The number of carbonyl (C=O) groups excluding carboxylic acids is 3. The van der Waals surface area contributed by atoms with E-state index in [2.05, 4.69) is 4.98 Å². The summed E-state index contributed by atoms with van der Waals surface area (Å²) in [7, 11) is 1.37. The third-order valence-electron chi connectivity index (χ3n) is 5.46. The molecule has 1 aliphatic rings. The van der Waals surface area contributed by atoms with Gasteiger partial charge in [-0.2, -0.15) is 0 Å². The van der Waals surface area contributed by atoms with Crippen LogP contribution in [0, 0.1) is 6.92 Å². The maximum absolute atomic E-state index is 13.3. The molecule has 9 nitrogen and oxygen atoms in total. The van der Waals surface area contributed by atoms with E-state index in [9.17, 15) is 24.6 Å². The number of aromatic nitrogens is 1. The monoisotopic (exact) mass is 494 g/mol. The zero-order chi connectivity index (χ0) is 25.3. The fraction of sp³-hybridized carbons (Fsp3) is 0.200. The van der Waals surface area contributed by atoms with Gasteiger partial charge in [-0.1, -0.05) is 47.7 Å². The lowest BCUT2D eigenvalue weighted by atomic mass is 9.95. The molecule has 1 amide bonds. The van der Waals surface area contributed by atoms with E-state index in [-0.39, 0.29) is 39.4 Å². The van der Waals surface area contributed by atoms with Crippen LogP contribution in [0.2, 0.25) is 0 Å². The van der Waals surface area contributed by atoms with Crippen LogP contribution in [0.15, 0.2) is 54.1 Å². The quantitative estimate of drug-likeness (QED) is 0.228. The van der Waals surface area contributed by atoms with Gasteiger partial charge in [-0.25, -0.2) is 9.78 Å². The van der Waals surface area contributed by atoms with Crippen molar-refractivity contribution in [1.29, 1.82) is 0 Å². The summed E-state index contributed by atoms with van der Waals surface area (Å²) < 4.78 is 10.3. The molecule has 1 fully saturated rings. The summed E-state index contributed by atoms with van der Waals surface area (Å²) >= 11 is 0.914. The number of anilines is 1. The van der Waals surface area contributed by atoms with E-state index in [1.165, 1.54) is 25.3 Å². The van der Waals surface area contributed by atoms with Gasteiger partial charge in [-0.05, 0) is 31.5 Å². The number of aliphatic hydroxyl groups is 1. The number of carbonyl (C=O) groups is 3. The number of aryl methyl sites for hydroxylation is 1. The van der Waals surface area contributed by atoms with Crippen molar-refractivity contribution in [2.45, 2.75) is 19.9 Å². The van der Waals surface area contributed by atoms with E-state index in [0.717, 1.165) is 16.2 Å². The molecular weight excluding hydrogens is 472 g/mol. The van der Waals surface area contributed by atoms with Crippen molar-refractivity contribution in [2.75, 3.05) is 18.6 Å². The number of aliphatic hydroxyl groups excluding tert-OH is 1. The number of ketones is 1. The molecule has 4 rings (SSSR count). The summed E-state index contributed by atoms with van der Waals surface area (Å²) in [5.74, 6) is -2.78. The first-order valence-electron chi connectivity index (χ1n) is 10.7. The number of ether oxygens (including phenoxy) is 2. The van der Waals surface area contributed by atoms with Gasteiger partial charge in [0.1, 0.15) is 10.6 Å². The van der Waals surface area contributed by atoms with Crippen molar-refractivity contribution in [3.05, 3.63) is 75.8 Å². The average molecular weight is 495 g/mol. The third-order valence-corrected chi connectivity index (χ3v) is 6.60. The number of benzene rings is 2. The van der Waals surface area contributed by atoms with E-state index in [1.807, 2.05) is 0 Å². The Morgan fingerprint density at radius 3 is 2.54 bits per heavy atom. The highest BCUT2D eigenvalue weighted by atomic mass is 32.1. The highest BCUT2D eigenvalue weighted by Crippen LogP contribution is 2.45. The maximum atomic E-state index is 13.3. The van der Waals surface area contributed by atoms with Crippen molar-refractivity contribution in [1.82, 2.24) is 4.98 Å². The second-order valence-corrected chi connectivity index (χ2v) is 8.58. The number of hydrogen-bond donors (Lipinski definition) is 2. The largest absolute Gasteiger partial charge is 0.507 e. The molecule has 1 aliphatic heterocycles. The number of aromatic hydroxyl groups is 1. The number of nitrogens with zero attached hydrogens (tertiary/aromatic N) is 2. The van der Waals surface area contributed by atoms with Crippen molar-refractivity contribution < 1.29 is 34.1 Å². The lowest BCUT2D eigenvalue weighted by Gasteiger charge is -2.23. The van der Waals surface area contributed by atoms with Crippen molar-refractivity contribution >= 4 is 39.9 Å². The number of phenols is 1. The second kappa shape index (κ2) is 9.59. The van der Waals surface area contributed by atoms with Crippen molar-refractivity contribution in [2.24, 2.45) is 0 Å². The molecule has 0 aliphatic carbocycles. The Labute approximate surface area is 204 Å². The molecule has 1 aromatic heterocycles. The summed E-state index contributed by atoms with van der Waals surface area (Å²) in [5.41, 5.74) is 0.931. The Kier molecular flexibility index (Phi) is 6.57. The second-order valence-electron chi connectivity index (χ2n) is 7.60. The Hall–Kier alpha value is -4.18. The normalized spacial score (nSPS) is 17.0. The lowest BCUT2D eigenvalue weighted by Crippen LogP contribution is -2.29. The van der Waals surface area contributed by atoms with E-state index in [4.69, 9.17) is 9.47 Å². The number of thiazole rings is 1. The first kappa shape index (κ1) is 24.0. The van der Waals surface area contributed by atoms with Crippen LogP contribution in [0.3, 0.4) is 0 Å². The Balaban J connectivity index is 1.94. The predicted molar refractivity (Wildman–Crippen MR) is 129 cm³/mol. The van der Waals surface area contributed by atoms with Gasteiger partial charge in [-0.15, -0.1) is 0 Å². The lowest BCUT2D eigenvalue weighted by molar-refractivity contribution is -0.132. The van der Waals surface area contributed by atoms with Gasteiger partial charge in [0, 0.05) is 5.56 Å². The predicted octanol–water partition coefficient (Wildman–Crippen LogP) is 3.97. The van der Waals surface area contributed by atoms with Gasteiger partial charge in [0.25, 0.3) is 5.78 Å². The summed E-state index contributed by atoms with van der Waals surface area (Å²) in [6.07, 6.45) is 0. The first-order chi connectivity index (χ1) is 16.8. The number of rotatable bonds is 6. The summed E-state index contributed by atoms with van der Waals surface area (Å²) in [6.45, 7) is 3.45. The van der Waals surface area contributed by atoms with Crippen LogP contribution in [0.1, 0.15) is 39.5 Å².